The predicted molar refractivity (Wildman–Crippen MR) is 81.4 cm³/mol. The van der Waals surface area contributed by atoms with Gasteiger partial charge in [-0.3, -0.25) is 0 Å². The molecule has 1 N–H and O–H groups in total. The van der Waals surface area contributed by atoms with Crippen LogP contribution in [0, 0.1) is 0 Å². The van der Waals surface area contributed by atoms with E-state index in [4.69, 9.17) is 14.0 Å². The molecule has 0 atom stereocenters. The summed E-state index contributed by atoms with van der Waals surface area (Å²) in [6.07, 6.45) is 0. The number of thiophene rings is 1. The number of esters is 1. The van der Waals surface area contributed by atoms with Crippen LogP contribution in [0.4, 0.5) is 0 Å². The number of hydrogen-bond acceptors (Lipinski definition) is 8. The first-order valence-electron chi connectivity index (χ1n) is 6.58. The summed E-state index contributed by atoms with van der Waals surface area (Å²) in [5.41, 5.74) is 0.00217. The second-order valence-corrected chi connectivity index (χ2v) is 5.37. The van der Waals surface area contributed by atoms with E-state index in [1.165, 1.54) is 30.6 Å². The monoisotopic (exact) mass is 332 g/mol. The highest BCUT2D eigenvalue weighted by Crippen LogP contribution is 2.30. The van der Waals surface area contributed by atoms with Crippen molar-refractivity contribution in [2.75, 3.05) is 7.11 Å². The summed E-state index contributed by atoms with van der Waals surface area (Å²) >= 11 is 1.48. The quantitative estimate of drug-likeness (QED) is 0.718. The number of ether oxygens (including phenoxy) is 2. The molecular formula is C15H12N2O5S. The molecule has 0 bridgehead atoms. The highest BCUT2D eigenvalue weighted by molar-refractivity contribution is 7.13. The van der Waals surface area contributed by atoms with Crippen LogP contribution >= 0.6 is 11.3 Å². The lowest BCUT2D eigenvalue weighted by molar-refractivity contribution is 0.0426. The molecule has 0 aliphatic rings. The van der Waals surface area contributed by atoms with Crippen molar-refractivity contribution in [2.45, 2.75) is 6.61 Å². The van der Waals surface area contributed by atoms with Crippen LogP contribution in [0.3, 0.4) is 0 Å². The third kappa shape index (κ3) is 3.16. The molecule has 2 heterocycles. The SMILES string of the molecule is COc1cccc(C(=O)OCc2nc(-c3cccs3)no2)c1O. The van der Waals surface area contributed by atoms with Gasteiger partial charge in [-0.25, -0.2) is 4.79 Å². The molecule has 0 fully saturated rings. The number of methoxy groups -OCH3 is 1. The number of aromatic hydroxyl groups is 1. The van der Waals surface area contributed by atoms with Crippen LogP contribution in [-0.4, -0.2) is 28.3 Å². The van der Waals surface area contributed by atoms with Crippen LogP contribution in [0.5, 0.6) is 11.5 Å². The van der Waals surface area contributed by atoms with Crippen molar-refractivity contribution in [3.8, 4) is 22.2 Å². The number of phenols is 1. The first-order valence-corrected chi connectivity index (χ1v) is 7.46. The third-order valence-corrected chi connectivity index (χ3v) is 3.84. The topological polar surface area (TPSA) is 94.7 Å². The minimum atomic E-state index is -0.711. The second-order valence-electron chi connectivity index (χ2n) is 4.42. The molecule has 3 rings (SSSR count). The maximum absolute atomic E-state index is 12.0. The molecule has 0 unspecified atom stereocenters. The number of aromatic nitrogens is 2. The molecule has 2 aromatic heterocycles. The molecule has 0 aliphatic carbocycles. The molecule has 1 aromatic carbocycles. The number of para-hydroxylation sites is 1. The number of rotatable bonds is 5. The van der Waals surface area contributed by atoms with Gasteiger partial charge in [-0.1, -0.05) is 17.3 Å². The van der Waals surface area contributed by atoms with E-state index >= 15 is 0 Å². The zero-order valence-corrected chi connectivity index (χ0v) is 12.9. The smallest absolute Gasteiger partial charge is 0.342 e. The first-order chi connectivity index (χ1) is 11.2. The van der Waals surface area contributed by atoms with E-state index < -0.39 is 5.97 Å². The van der Waals surface area contributed by atoms with E-state index in [2.05, 4.69) is 10.1 Å². The molecule has 8 heteroatoms. The van der Waals surface area contributed by atoms with Gasteiger partial charge in [-0.15, -0.1) is 11.3 Å². The number of hydrogen-bond donors (Lipinski definition) is 1. The van der Waals surface area contributed by atoms with Crippen LogP contribution in [0.15, 0.2) is 40.2 Å². The summed E-state index contributed by atoms with van der Waals surface area (Å²) in [5.74, 6) is -0.182. The Balaban J connectivity index is 1.68. The van der Waals surface area contributed by atoms with Crippen molar-refractivity contribution in [3.63, 3.8) is 0 Å². The van der Waals surface area contributed by atoms with Crippen LogP contribution < -0.4 is 4.74 Å². The van der Waals surface area contributed by atoms with Crippen molar-refractivity contribution >= 4 is 17.3 Å². The maximum Gasteiger partial charge on any atom is 0.342 e. The van der Waals surface area contributed by atoms with Crippen molar-refractivity contribution in [3.05, 3.63) is 47.2 Å². The minimum absolute atomic E-state index is 0.00217. The van der Waals surface area contributed by atoms with Crippen molar-refractivity contribution in [1.82, 2.24) is 10.1 Å². The van der Waals surface area contributed by atoms with Gasteiger partial charge in [-0.05, 0) is 23.6 Å². The lowest BCUT2D eigenvalue weighted by Crippen LogP contribution is -2.06. The Kier molecular flexibility index (Phi) is 4.24. The predicted octanol–water partition coefficient (Wildman–Crippen LogP) is 2.87. The van der Waals surface area contributed by atoms with E-state index in [0.29, 0.717) is 5.82 Å². The Morgan fingerprint density at radius 2 is 2.22 bits per heavy atom. The van der Waals surface area contributed by atoms with Gasteiger partial charge in [0.1, 0.15) is 5.56 Å². The average Bonchev–Trinajstić information content (AvgIpc) is 3.24. The van der Waals surface area contributed by atoms with Crippen LogP contribution in [0.2, 0.25) is 0 Å². The summed E-state index contributed by atoms with van der Waals surface area (Å²) in [6, 6.07) is 8.29. The summed E-state index contributed by atoms with van der Waals surface area (Å²) in [6.45, 7) is -0.187. The van der Waals surface area contributed by atoms with Crippen LogP contribution in [0.25, 0.3) is 10.7 Å². The highest BCUT2D eigenvalue weighted by atomic mass is 32.1. The molecule has 0 aliphatic heterocycles. The fourth-order valence-electron chi connectivity index (χ4n) is 1.88. The number of nitrogens with zero attached hydrogens (tertiary/aromatic N) is 2. The largest absolute Gasteiger partial charge is 0.504 e. The van der Waals surface area contributed by atoms with E-state index in [0.717, 1.165) is 4.88 Å². The Morgan fingerprint density at radius 3 is 2.96 bits per heavy atom. The zero-order chi connectivity index (χ0) is 16.2. The number of phenolic OH excluding ortho intramolecular Hbond substituents is 1. The molecule has 3 aromatic rings. The lowest BCUT2D eigenvalue weighted by Gasteiger charge is -2.07. The standard InChI is InChI=1S/C15H12N2O5S/c1-20-10-5-2-4-9(13(10)18)15(19)21-8-12-16-14(17-22-12)11-6-3-7-23-11/h2-7,18H,8H2,1H3. The number of carbonyl (C=O) groups excluding carboxylic acids is 1. The van der Waals surface area contributed by atoms with E-state index in [-0.39, 0.29) is 29.6 Å². The Labute approximate surface area is 135 Å². The van der Waals surface area contributed by atoms with Gasteiger partial charge in [0.25, 0.3) is 5.89 Å². The lowest BCUT2D eigenvalue weighted by atomic mass is 10.2. The van der Waals surface area contributed by atoms with E-state index in [1.807, 2.05) is 17.5 Å². The minimum Gasteiger partial charge on any atom is -0.504 e. The van der Waals surface area contributed by atoms with Crippen LogP contribution in [0.1, 0.15) is 16.2 Å². The summed E-state index contributed by atoms with van der Waals surface area (Å²) in [5, 5.41) is 15.6. The molecule has 7 nitrogen and oxygen atoms in total. The second kappa shape index (κ2) is 6.49. The summed E-state index contributed by atoms with van der Waals surface area (Å²) in [7, 11) is 1.40. The molecule has 0 saturated heterocycles. The molecule has 118 valence electrons. The molecule has 0 spiro atoms. The normalized spacial score (nSPS) is 10.5. The van der Waals surface area contributed by atoms with Gasteiger partial charge in [0, 0.05) is 0 Å². The molecule has 23 heavy (non-hydrogen) atoms. The highest BCUT2D eigenvalue weighted by Gasteiger charge is 2.18. The Hall–Kier alpha value is -2.87. The first kappa shape index (κ1) is 15.0. The van der Waals surface area contributed by atoms with Gasteiger partial charge in [0.2, 0.25) is 5.82 Å². The zero-order valence-electron chi connectivity index (χ0n) is 12.1. The van der Waals surface area contributed by atoms with Gasteiger partial charge in [0.15, 0.2) is 18.1 Å². The third-order valence-electron chi connectivity index (χ3n) is 2.98. The summed E-state index contributed by atoms with van der Waals surface area (Å²) in [4.78, 5) is 17.0. The summed E-state index contributed by atoms with van der Waals surface area (Å²) < 4.78 is 15.1. The molecule has 0 amide bonds. The average molecular weight is 332 g/mol. The Bertz CT molecular complexity index is 813. The van der Waals surface area contributed by atoms with Crippen LogP contribution in [-0.2, 0) is 11.3 Å². The van der Waals surface area contributed by atoms with Gasteiger partial charge < -0.3 is 19.1 Å². The number of benzene rings is 1. The van der Waals surface area contributed by atoms with E-state index in [1.54, 1.807) is 6.07 Å². The van der Waals surface area contributed by atoms with Crippen molar-refractivity contribution < 1.29 is 23.9 Å². The fourth-order valence-corrected chi connectivity index (χ4v) is 2.53. The Morgan fingerprint density at radius 1 is 1.35 bits per heavy atom. The van der Waals surface area contributed by atoms with Gasteiger partial charge in [0.05, 0.1) is 12.0 Å². The van der Waals surface area contributed by atoms with Crippen molar-refractivity contribution in [2.24, 2.45) is 0 Å². The fraction of sp³-hybridized carbons (Fsp3) is 0.133. The van der Waals surface area contributed by atoms with Gasteiger partial charge >= 0.3 is 5.97 Å². The molecule has 0 saturated carbocycles. The number of carbonyl (C=O) groups is 1. The molecule has 0 radical (unpaired) electrons. The van der Waals surface area contributed by atoms with Gasteiger partial charge in [-0.2, -0.15) is 4.98 Å². The van der Waals surface area contributed by atoms with Crippen molar-refractivity contribution in [1.29, 1.82) is 0 Å². The maximum atomic E-state index is 12.0. The van der Waals surface area contributed by atoms with E-state index in [9.17, 15) is 9.90 Å². The molecular weight excluding hydrogens is 320 g/mol.